The van der Waals surface area contributed by atoms with E-state index in [0.717, 1.165) is 10.6 Å². The van der Waals surface area contributed by atoms with Gasteiger partial charge >= 0.3 is 0 Å². The number of aryl methyl sites for hydroxylation is 3. The Morgan fingerprint density at radius 3 is 2.62 bits per heavy atom. The van der Waals surface area contributed by atoms with Gasteiger partial charge < -0.3 is 9.15 Å². The third-order valence-corrected chi connectivity index (χ3v) is 4.23. The van der Waals surface area contributed by atoms with Gasteiger partial charge in [0.1, 0.15) is 17.1 Å². The van der Waals surface area contributed by atoms with E-state index < -0.39 is 0 Å². The van der Waals surface area contributed by atoms with E-state index in [0.29, 0.717) is 33.7 Å². The van der Waals surface area contributed by atoms with Crippen LogP contribution in [0.25, 0.3) is 22.2 Å². The van der Waals surface area contributed by atoms with Crippen molar-refractivity contribution in [2.45, 2.75) is 20.8 Å². The van der Waals surface area contributed by atoms with Crippen molar-refractivity contribution in [3.05, 3.63) is 44.1 Å². The molecule has 1 aromatic carbocycles. The first-order valence-corrected chi connectivity index (χ1v) is 7.43. The topological polar surface area (TPSA) is 52.3 Å². The number of hydrogen-bond acceptors (Lipinski definition) is 5. The van der Waals surface area contributed by atoms with Gasteiger partial charge in [0.15, 0.2) is 0 Å². The van der Waals surface area contributed by atoms with E-state index in [9.17, 15) is 4.79 Å². The monoisotopic (exact) mass is 301 g/mol. The van der Waals surface area contributed by atoms with E-state index >= 15 is 0 Å². The van der Waals surface area contributed by atoms with E-state index in [1.165, 1.54) is 11.3 Å². The van der Waals surface area contributed by atoms with Crippen LogP contribution >= 0.6 is 11.3 Å². The summed E-state index contributed by atoms with van der Waals surface area (Å²) in [6.07, 6.45) is 0. The Labute approximate surface area is 126 Å². The molecule has 0 aliphatic carbocycles. The standard InChI is InChI=1S/C16H15NO3S/c1-8-5-11-14(6-13(8)19-4)20-9(2)15(16(11)18)12-7-21-10(3)17-12/h5-7H,1-4H3. The van der Waals surface area contributed by atoms with Crippen LogP contribution in [0, 0.1) is 20.8 Å². The van der Waals surface area contributed by atoms with Crippen LogP contribution in [0.2, 0.25) is 0 Å². The van der Waals surface area contributed by atoms with Crippen molar-refractivity contribution >= 4 is 22.3 Å². The second-order valence-electron chi connectivity index (χ2n) is 4.93. The lowest BCUT2D eigenvalue weighted by Gasteiger charge is -2.08. The van der Waals surface area contributed by atoms with Gasteiger partial charge in [0.05, 0.1) is 28.8 Å². The van der Waals surface area contributed by atoms with E-state index in [1.807, 2.05) is 25.3 Å². The van der Waals surface area contributed by atoms with Crippen LogP contribution in [0.1, 0.15) is 16.3 Å². The SMILES string of the molecule is COc1cc2oc(C)c(-c3csc(C)n3)c(=O)c2cc1C. The summed E-state index contributed by atoms with van der Waals surface area (Å²) in [4.78, 5) is 17.2. The highest BCUT2D eigenvalue weighted by atomic mass is 32.1. The molecule has 0 radical (unpaired) electrons. The highest BCUT2D eigenvalue weighted by Gasteiger charge is 2.17. The minimum Gasteiger partial charge on any atom is -0.496 e. The van der Waals surface area contributed by atoms with Gasteiger partial charge in [-0.2, -0.15) is 0 Å². The van der Waals surface area contributed by atoms with Crippen molar-refractivity contribution < 1.29 is 9.15 Å². The first-order valence-electron chi connectivity index (χ1n) is 6.56. The molecule has 0 aliphatic heterocycles. The van der Waals surface area contributed by atoms with Crippen molar-refractivity contribution in [3.63, 3.8) is 0 Å². The van der Waals surface area contributed by atoms with Gasteiger partial charge in [-0.1, -0.05) is 0 Å². The van der Waals surface area contributed by atoms with E-state index in [-0.39, 0.29) is 5.43 Å². The lowest BCUT2D eigenvalue weighted by Crippen LogP contribution is -2.08. The number of rotatable bonds is 2. The van der Waals surface area contributed by atoms with E-state index in [2.05, 4.69) is 4.98 Å². The number of methoxy groups -OCH3 is 1. The lowest BCUT2D eigenvalue weighted by atomic mass is 10.1. The average Bonchev–Trinajstić information content (AvgIpc) is 2.85. The Morgan fingerprint density at radius 1 is 1.24 bits per heavy atom. The molecule has 108 valence electrons. The van der Waals surface area contributed by atoms with Crippen molar-refractivity contribution in [2.75, 3.05) is 7.11 Å². The van der Waals surface area contributed by atoms with Gasteiger partial charge in [0, 0.05) is 11.4 Å². The number of hydrogen-bond donors (Lipinski definition) is 0. The van der Waals surface area contributed by atoms with Crippen LogP contribution in [-0.4, -0.2) is 12.1 Å². The van der Waals surface area contributed by atoms with Gasteiger partial charge in [0.2, 0.25) is 5.43 Å². The van der Waals surface area contributed by atoms with Crippen LogP contribution in [-0.2, 0) is 0 Å². The summed E-state index contributed by atoms with van der Waals surface area (Å²) in [5, 5.41) is 3.37. The Hall–Kier alpha value is -2.14. The summed E-state index contributed by atoms with van der Waals surface area (Å²) < 4.78 is 11.1. The maximum atomic E-state index is 12.8. The highest BCUT2D eigenvalue weighted by molar-refractivity contribution is 7.09. The van der Waals surface area contributed by atoms with Crippen molar-refractivity contribution in [2.24, 2.45) is 0 Å². The summed E-state index contributed by atoms with van der Waals surface area (Å²) in [5.41, 5.74) is 2.61. The number of thiazole rings is 1. The molecule has 0 atom stereocenters. The molecule has 21 heavy (non-hydrogen) atoms. The smallest absolute Gasteiger partial charge is 0.202 e. The fourth-order valence-electron chi connectivity index (χ4n) is 2.44. The third-order valence-electron chi connectivity index (χ3n) is 3.46. The zero-order chi connectivity index (χ0) is 15.1. The molecule has 2 aromatic heterocycles. The molecule has 4 nitrogen and oxygen atoms in total. The Morgan fingerprint density at radius 2 is 2.00 bits per heavy atom. The number of fused-ring (bicyclic) bond motifs is 1. The molecule has 0 amide bonds. The zero-order valence-electron chi connectivity index (χ0n) is 12.3. The maximum Gasteiger partial charge on any atom is 0.202 e. The molecule has 0 unspecified atom stereocenters. The Bertz CT molecular complexity index is 892. The number of benzene rings is 1. The fourth-order valence-corrected chi connectivity index (χ4v) is 3.04. The number of aromatic nitrogens is 1. The zero-order valence-corrected chi connectivity index (χ0v) is 13.1. The second kappa shape index (κ2) is 5.00. The first kappa shape index (κ1) is 13.8. The predicted octanol–water partition coefficient (Wildman–Crippen LogP) is 3.85. The largest absolute Gasteiger partial charge is 0.496 e. The van der Waals surface area contributed by atoms with Crippen LogP contribution in [0.3, 0.4) is 0 Å². The summed E-state index contributed by atoms with van der Waals surface area (Å²) in [5.74, 6) is 1.28. The molecule has 0 saturated heterocycles. The summed E-state index contributed by atoms with van der Waals surface area (Å²) >= 11 is 1.52. The Balaban J connectivity index is 2.36. The van der Waals surface area contributed by atoms with Crippen LogP contribution in [0.4, 0.5) is 0 Å². The first-order chi connectivity index (χ1) is 10.0. The molecule has 2 heterocycles. The Kier molecular flexibility index (Phi) is 3.29. The van der Waals surface area contributed by atoms with E-state index in [4.69, 9.17) is 9.15 Å². The number of ether oxygens (including phenoxy) is 1. The molecule has 3 aromatic rings. The molecule has 0 fully saturated rings. The molecular formula is C16H15NO3S. The average molecular weight is 301 g/mol. The molecule has 0 saturated carbocycles. The van der Waals surface area contributed by atoms with Crippen LogP contribution in [0.15, 0.2) is 26.7 Å². The van der Waals surface area contributed by atoms with Gasteiger partial charge in [-0.05, 0) is 32.4 Å². The minimum atomic E-state index is -0.0511. The van der Waals surface area contributed by atoms with Gasteiger partial charge in [-0.15, -0.1) is 11.3 Å². The van der Waals surface area contributed by atoms with Crippen LogP contribution < -0.4 is 10.2 Å². The normalized spacial score (nSPS) is 11.0. The van der Waals surface area contributed by atoms with E-state index in [1.54, 1.807) is 20.1 Å². The molecule has 0 N–H and O–H groups in total. The molecule has 0 aliphatic rings. The molecule has 0 spiro atoms. The summed E-state index contributed by atoms with van der Waals surface area (Å²) in [6, 6.07) is 3.57. The minimum absolute atomic E-state index is 0.0511. The molecule has 0 bridgehead atoms. The molecular weight excluding hydrogens is 286 g/mol. The van der Waals surface area contributed by atoms with Gasteiger partial charge in [-0.3, -0.25) is 4.79 Å². The quantitative estimate of drug-likeness (QED) is 0.721. The highest BCUT2D eigenvalue weighted by Crippen LogP contribution is 2.28. The van der Waals surface area contributed by atoms with Gasteiger partial charge in [0.25, 0.3) is 0 Å². The van der Waals surface area contributed by atoms with Crippen molar-refractivity contribution in [1.82, 2.24) is 4.98 Å². The van der Waals surface area contributed by atoms with Gasteiger partial charge in [-0.25, -0.2) is 4.98 Å². The molecule has 3 rings (SSSR count). The predicted molar refractivity (Wildman–Crippen MR) is 84.4 cm³/mol. The fraction of sp³-hybridized carbons (Fsp3) is 0.250. The third kappa shape index (κ3) is 2.23. The van der Waals surface area contributed by atoms with Crippen LogP contribution in [0.5, 0.6) is 5.75 Å². The summed E-state index contributed by atoms with van der Waals surface area (Å²) in [7, 11) is 1.60. The van der Waals surface area contributed by atoms with Crippen molar-refractivity contribution in [1.29, 1.82) is 0 Å². The molecule has 5 heteroatoms. The van der Waals surface area contributed by atoms with Crippen molar-refractivity contribution in [3.8, 4) is 17.0 Å². The maximum absolute atomic E-state index is 12.8. The number of nitrogens with zero attached hydrogens (tertiary/aromatic N) is 1. The lowest BCUT2D eigenvalue weighted by molar-refractivity contribution is 0.411. The summed E-state index contributed by atoms with van der Waals surface area (Å²) in [6.45, 7) is 5.61. The second-order valence-corrected chi connectivity index (χ2v) is 5.99.